The number of hydrogen-bond donors (Lipinski definition) is 1. The van der Waals surface area contributed by atoms with Crippen LogP contribution in [0.4, 0.5) is 0 Å². The highest BCUT2D eigenvalue weighted by Crippen LogP contribution is 2.20. The molecule has 0 heterocycles. The quantitative estimate of drug-likeness (QED) is 0.850. The highest BCUT2D eigenvalue weighted by Gasteiger charge is 2.10. The largest absolute Gasteiger partial charge is 0.304 e. The fraction of sp³-hybridized carbons (Fsp3) is 0.250. The molecule has 18 heavy (non-hydrogen) atoms. The lowest BCUT2D eigenvalue weighted by Crippen LogP contribution is -2.22. The fourth-order valence-electron chi connectivity index (χ4n) is 2.06. The van der Waals surface area contributed by atoms with Crippen molar-refractivity contribution < 1.29 is 0 Å². The molecule has 0 bridgehead atoms. The molecule has 2 rings (SSSR count). The lowest BCUT2D eigenvalue weighted by Gasteiger charge is -2.20. The van der Waals surface area contributed by atoms with Crippen LogP contribution in [0, 0.1) is 0 Å². The Hall–Kier alpha value is -1.12. The van der Waals surface area contributed by atoms with E-state index in [9.17, 15) is 0 Å². The molecule has 0 spiro atoms. The summed E-state index contributed by atoms with van der Waals surface area (Å²) < 4.78 is 1.12. The second-order valence-corrected chi connectivity index (χ2v) is 5.49. The minimum absolute atomic E-state index is 0.341. The predicted molar refractivity (Wildman–Crippen MR) is 80.5 cm³/mol. The monoisotopic (exact) mass is 303 g/mol. The number of nitrogens with one attached hydrogen (secondary N) is 1. The van der Waals surface area contributed by atoms with Crippen molar-refractivity contribution >= 4 is 15.9 Å². The molecule has 0 aromatic heterocycles. The Morgan fingerprint density at radius 3 is 1.83 bits per heavy atom. The van der Waals surface area contributed by atoms with Crippen molar-refractivity contribution in [2.75, 3.05) is 0 Å². The summed E-state index contributed by atoms with van der Waals surface area (Å²) in [4.78, 5) is 0. The summed E-state index contributed by atoms with van der Waals surface area (Å²) in [6.07, 6.45) is 0. The third kappa shape index (κ3) is 3.44. The number of hydrogen-bond acceptors (Lipinski definition) is 1. The zero-order chi connectivity index (χ0) is 13.0. The van der Waals surface area contributed by atoms with E-state index in [1.165, 1.54) is 11.1 Å². The summed E-state index contributed by atoms with van der Waals surface area (Å²) in [6.45, 7) is 4.40. The Kier molecular flexibility index (Phi) is 4.56. The van der Waals surface area contributed by atoms with Gasteiger partial charge in [-0.1, -0.05) is 58.4 Å². The van der Waals surface area contributed by atoms with E-state index in [2.05, 4.69) is 83.6 Å². The molecule has 1 N–H and O–H groups in total. The molecular formula is C16H18BrN. The maximum Gasteiger partial charge on any atom is 0.0297 e. The van der Waals surface area contributed by atoms with E-state index in [-0.39, 0.29) is 0 Å². The van der Waals surface area contributed by atoms with E-state index in [4.69, 9.17) is 0 Å². The van der Waals surface area contributed by atoms with Crippen molar-refractivity contribution in [3.63, 3.8) is 0 Å². The van der Waals surface area contributed by atoms with E-state index in [0.29, 0.717) is 12.1 Å². The predicted octanol–water partition coefficient (Wildman–Crippen LogP) is 4.86. The van der Waals surface area contributed by atoms with Gasteiger partial charge in [0.1, 0.15) is 0 Å². The van der Waals surface area contributed by atoms with Gasteiger partial charge in [0.25, 0.3) is 0 Å². The van der Waals surface area contributed by atoms with E-state index in [1.807, 2.05) is 6.07 Å². The SMILES string of the molecule is CC(N[C@H](C)c1ccc(Br)cc1)c1ccccc1. The van der Waals surface area contributed by atoms with Crippen LogP contribution in [0.3, 0.4) is 0 Å². The second-order valence-electron chi connectivity index (χ2n) is 4.57. The van der Waals surface area contributed by atoms with Crippen LogP contribution < -0.4 is 5.32 Å². The zero-order valence-electron chi connectivity index (χ0n) is 10.7. The molecule has 2 aromatic rings. The third-order valence-electron chi connectivity index (χ3n) is 3.17. The van der Waals surface area contributed by atoms with Crippen molar-refractivity contribution in [1.82, 2.24) is 5.32 Å². The molecule has 2 atom stereocenters. The summed E-state index contributed by atoms with van der Waals surface area (Å²) in [5, 5.41) is 3.62. The van der Waals surface area contributed by atoms with Crippen LogP contribution in [0.2, 0.25) is 0 Å². The smallest absolute Gasteiger partial charge is 0.0297 e. The van der Waals surface area contributed by atoms with Crippen LogP contribution in [0.25, 0.3) is 0 Å². The third-order valence-corrected chi connectivity index (χ3v) is 3.70. The summed E-state index contributed by atoms with van der Waals surface area (Å²) in [6, 6.07) is 19.7. The van der Waals surface area contributed by atoms with Gasteiger partial charge in [-0.2, -0.15) is 0 Å². The minimum atomic E-state index is 0.341. The van der Waals surface area contributed by atoms with Crippen LogP contribution >= 0.6 is 15.9 Å². The standard InChI is InChI=1S/C16H18BrN/c1-12(14-6-4-3-5-7-14)18-13(2)15-8-10-16(17)11-9-15/h3-13,18H,1-2H3/t12?,13-/m1/s1. The van der Waals surface area contributed by atoms with Crippen LogP contribution in [0.15, 0.2) is 59.1 Å². The summed E-state index contributed by atoms with van der Waals surface area (Å²) in [5.41, 5.74) is 2.63. The summed E-state index contributed by atoms with van der Waals surface area (Å²) >= 11 is 3.46. The van der Waals surface area contributed by atoms with Gasteiger partial charge in [-0.3, -0.25) is 0 Å². The van der Waals surface area contributed by atoms with Gasteiger partial charge in [-0.05, 0) is 37.1 Å². The van der Waals surface area contributed by atoms with Crippen LogP contribution in [-0.2, 0) is 0 Å². The molecule has 94 valence electrons. The topological polar surface area (TPSA) is 12.0 Å². The van der Waals surface area contributed by atoms with Crippen molar-refractivity contribution in [3.05, 3.63) is 70.2 Å². The molecule has 0 saturated heterocycles. The van der Waals surface area contributed by atoms with Gasteiger partial charge in [0, 0.05) is 16.6 Å². The summed E-state index contributed by atoms with van der Waals surface area (Å²) in [7, 11) is 0. The Morgan fingerprint density at radius 2 is 1.28 bits per heavy atom. The molecule has 0 saturated carbocycles. The first kappa shape index (κ1) is 13.3. The Bertz CT molecular complexity index is 478. The van der Waals surface area contributed by atoms with Crippen molar-refractivity contribution in [2.24, 2.45) is 0 Å². The van der Waals surface area contributed by atoms with Gasteiger partial charge >= 0.3 is 0 Å². The lowest BCUT2D eigenvalue weighted by molar-refractivity contribution is 0.494. The molecular weight excluding hydrogens is 286 g/mol. The minimum Gasteiger partial charge on any atom is -0.304 e. The molecule has 1 nitrogen and oxygen atoms in total. The van der Waals surface area contributed by atoms with Gasteiger partial charge < -0.3 is 5.32 Å². The second kappa shape index (κ2) is 6.17. The highest BCUT2D eigenvalue weighted by atomic mass is 79.9. The lowest BCUT2D eigenvalue weighted by atomic mass is 10.0. The van der Waals surface area contributed by atoms with Crippen LogP contribution in [0.1, 0.15) is 37.1 Å². The Labute approximate surface area is 117 Å². The zero-order valence-corrected chi connectivity index (χ0v) is 12.3. The van der Waals surface area contributed by atoms with E-state index >= 15 is 0 Å². The highest BCUT2D eigenvalue weighted by molar-refractivity contribution is 9.10. The average Bonchev–Trinajstić information content (AvgIpc) is 2.40. The molecule has 0 amide bonds. The molecule has 2 aromatic carbocycles. The first-order valence-corrected chi connectivity index (χ1v) is 7.02. The van der Waals surface area contributed by atoms with E-state index < -0.39 is 0 Å². The molecule has 2 heteroatoms. The van der Waals surface area contributed by atoms with Crippen molar-refractivity contribution in [2.45, 2.75) is 25.9 Å². The van der Waals surface area contributed by atoms with E-state index in [0.717, 1.165) is 4.47 Å². The number of rotatable bonds is 4. The van der Waals surface area contributed by atoms with Gasteiger partial charge in [-0.15, -0.1) is 0 Å². The van der Waals surface area contributed by atoms with Crippen molar-refractivity contribution in [1.29, 1.82) is 0 Å². The maximum atomic E-state index is 3.62. The Balaban J connectivity index is 2.03. The summed E-state index contributed by atoms with van der Waals surface area (Å²) in [5.74, 6) is 0. The fourth-order valence-corrected chi connectivity index (χ4v) is 2.32. The molecule has 1 unspecified atom stereocenters. The molecule has 0 fully saturated rings. The first-order chi connectivity index (χ1) is 8.66. The normalized spacial score (nSPS) is 14.2. The maximum absolute atomic E-state index is 3.62. The van der Waals surface area contributed by atoms with Gasteiger partial charge in [0.15, 0.2) is 0 Å². The van der Waals surface area contributed by atoms with Crippen molar-refractivity contribution in [3.8, 4) is 0 Å². The first-order valence-electron chi connectivity index (χ1n) is 6.23. The molecule has 0 aliphatic carbocycles. The van der Waals surface area contributed by atoms with Gasteiger partial charge in [0.2, 0.25) is 0 Å². The molecule has 0 radical (unpaired) electrons. The molecule has 0 aliphatic rings. The molecule has 0 aliphatic heterocycles. The van der Waals surface area contributed by atoms with Crippen LogP contribution in [0.5, 0.6) is 0 Å². The number of halogens is 1. The van der Waals surface area contributed by atoms with Crippen LogP contribution in [-0.4, -0.2) is 0 Å². The van der Waals surface area contributed by atoms with Gasteiger partial charge in [0.05, 0.1) is 0 Å². The van der Waals surface area contributed by atoms with E-state index in [1.54, 1.807) is 0 Å². The average molecular weight is 304 g/mol. The Morgan fingerprint density at radius 1 is 0.778 bits per heavy atom. The number of benzene rings is 2. The van der Waals surface area contributed by atoms with Gasteiger partial charge in [-0.25, -0.2) is 0 Å².